The number of nitrogens with one attached hydrogen (secondary N) is 2. The van der Waals surface area contributed by atoms with Crippen molar-refractivity contribution < 1.29 is 19.5 Å². The normalized spacial score (nSPS) is 18.4. The number of aliphatic imine (C=N–C) groups is 1. The van der Waals surface area contributed by atoms with Crippen LogP contribution in [0.1, 0.15) is 135 Å². The zero-order chi connectivity index (χ0) is 44.5. The predicted octanol–water partition coefficient (Wildman–Crippen LogP) is 8.46. The third-order valence-corrected chi connectivity index (χ3v) is 14.4. The van der Waals surface area contributed by atoms with E-state index in [1.54, 1.807) is 22.7 Å². The van der Waals surface area contributed by atoms with Crippen LogP contribution in [0.2, 0.25) is 0 Å². The number of aliphatic hydroxyl groups excluding tert-OH is 1. The van der Waals surface area contributed by atoms with Gasteiger partial charge in [0.2, 0.25) is 17.7 Å². The number of carbonyl (C=O) groups is 3. The van der Waals surface area contributed by atoms with Crippen molar-refractivity contribution >= 4 is 46.1 Å². The fraction of sp³-hybridized carbons (Fsp3) is 0.479. The van der Waals surface area contributed by atoms with Gasteiger partial charge in [0.15, 0.2) is 5.82 Å². The van der Waals surface area contributed by atoms with Gasteiger partial charge in [-0.2, -0.15) is 0 Å². The maximum atomic E-state index is 14.1. The molecule has 5 heterocycles. The Balaban J connectivity index is 0.885. The lowest BCUT2D eigenvalue weighted by molar-refractivity contribution is -0.144. The number of aromatic nitrogens is 4. The van der Waals surface area contributed by atoms with Crippen LogP contribution in [-0.2, 0) is 20.8 Å². The average Bonchev–Trinajstić information content (AvgIpc) is 4.00. The molecule has 2 unspecified atom stereocenters. The molecule has 1 fully saturated rings. The molecule has 3 aromatic heterocycles. The maximum absolute atomic E-state index is 14.1. The minimum atomic E-state index is -0.853. The Labute approximate surface area is 373 Å². The number of β-amino-alcohol motifs (C(OH)–C–C–N with tert-alkyl or cyclic N) is 1. The second-order valence-electron chi connectivity index (χ2n) is 18.1. The van der Waals surface area contributed by atoms with Crippen LogP contribution < -0.4 is 10.6 Å². The molecule has 0 aliphatic carbocycles. The first-order chi connectivity index (χ1) is 29.5. The number of hydrogen-bond donors (Lipinski definition) is 3. The summed E-state index contributed by atoms with van der Waals surface area (Å²) in [4.78, 5) is 54.5. The standard InChI is InChI=1S/C48H60N8O4S2/c1-27-31(5)62-47-40(27)41(50-30(4)44-54-53-32(6)56(44)47)35-18-16-33(17-19-35)14-12-10-11-13-15-39(58)52-43(48(7,8)9)46(60)55-25-37(57)24-38(55)45(59)51-28(2)34-20-22-36(23-21-34)42-29(3)49-26-61-42/h16-23,26,28,30,37-38,43,57H,10-15,24-25H2,1-9H3,(H,51,59)(H,52,58)/t28?,30-,37+,38-,43?/m0/s1. The molecule has 3 N–H and O–H groups in total. The van der Waals surface area contributed by atoms with Crippen molar-refractivity contribution in [3.63, 3.8) is 0 Å². The van der Waals surface area contributed by atoms with Gasteiger partial charge >= 0.3 is 0 Å². The largest absolute Gasteiger partial charge is 0.391 e. The minimum Gasteiger partial charge on any atom is -0.391 e. The second kappa shape index (κ2) is 18.7. The number of nitrogens with zero attached hydrogens (tertiary/aromatic N) is 6. The molecule has 0 spiro atoms. The Morgan fingerprint density at radius 2 is 1.61 bits per heavy atom. The van der Waals surface area contributed by atoms with Crippen molar-refractivity contribution in [2.75, 3.05) is 6.54 Å². The van der Waals surface area contributed by atoms with E-state index in [1.807, 2.05) is 71.3 Å². The van der Waals surface area contributed by atoms with E-state index in [2.05, 4.69) is 75.4 Å². The number of fused-ring (bicyclic) bond motifs is 3. The number of aryl methyl sites for hydroxylation is 4. The third-order valence-electron chi connectivity index (χ3n) is 12.3. The highest BCUT2D eigenvalue weighted by molar-refractivity contribution is 7.15. The Bertz CT molecular complexity index is 2440. The summed E-state index contributed by atoms with van der Waals surface area (Å²) in [6.07, 6.45) is 4.12. The number of rotatable bonds is 14. The van der Waals surface area contributed by atoms with Gasteiger partial charge in [0.1, 0.15) is 29.0 Å². The van der Waals surface area contributed by atoms with Crippen molar-refractivity contribution in [3.8, 4) is 15.4 Å². The predicted molar refractivity (Wildman–Crippen MR) is 247 cm³/mol. The molecule has 3 amide bonds. The lowest BCUT2D eigenvalue weighted by atomic mass is 9.85. The number of unbranched alkanes of at least 4 members (excludes halogenated alkanes) is 3. The molecule has 7 rings (SSSR count). The summed E-state index contributed by atoms with van der Waals surface area (Å²) in [6, 6.07) is 14.6. The van der Waals surface area contributed by atoms with Crippen molar-refractivity contribution in [1.29, 1.82) is 0 Å². The quantitative estimate of drug-likeness (QED) is 0.0946. The number of benzene rings is 2. The molecule has 2 aromatic carbocycles. The topological polar surface area (TPSA) is 155 Å². The molecule has 328 valence electrons. The lowest BCUT2D eigenvalue weighted by Crippen LogP contribution is -2.57. The Morgan fingerprint density at radius 1 is 0.919 bits per heavy atom. The first kappa shape index (κ1) is 45.0. The third kappa shape index (κ3) is 9.62. The number of thiazole rings is 1. The van der Waals surface area contributed by atoms with Crippen LogP contribution in [0, 0.1) is 33.1 Å². The van der Waals surface area contributed by atoms with Gasteiger partial charge in [0, 0.05) is 35.4 Å². The fourth-order valence-electron chi connectivity index (χ4n) is 8.53. The van der Waals surface area contributed by atoms with E-state index in [-0.39, 0.29) is 42.8 Å². The van der Waals surface area contributed by atoms with Crippen LogP contribution in [0.3, 0.4) is 0 Å². The van der Waals surface area contributed by atoms with Crippen molar-refractivity contribution in [2.45, 2.75) is 138 Å². The van der Waals surface area contributed by atoms with Gasteiger partial charge in [0.25, 0.3) is 0 Å². The number of thiophene rings is 1. The monoisotopic (exact) mass is 876 g/mol. The second-order valence-corrected chi connectivity index (χ2v) is 20.1. The van der Waals surface area contributed by atoms with Gasteiger partial charge in [-0.25, -0.2) is 4.98 Å². The highest BCUT2D eigenvalue weighted by Gasteiger charge is 2.44. The van der Waals surface area contributed by atoms with E-state index in [0.29, 0.717) is 12.8 Å². The number of likely N-dealkylation sites (tertiary alicyclic amines) is 1. The van der Waals surface area contributed by atoms with Crippen LogP contribution in [-0.4, -0.2) is 77.9 Å². The van der Waals surface area contributed by atoms with Gasteiger partial charge in [-0.05, 0) is 88.5 Å². The molecule has 5 atom stereocenters. The van der Waals surface area contributed by atoms with Crippen LogP contribution in [0.5, 0.6) is 0 Å². The Kier molecular flexibility index (Phi) is 13.6. The fourth-order valence-corrected chi connectivity index (χ4v) is 10.6. The SMILES string of the molecule is Cc1ncsc1-c1ccc(C(C)NC(=O)[C@@H]2C[C@@H](O)CN2C(=O)C(NC(=O)CCCCCCc2ccc(C3=N[C@@H](C)c4nnc(C)n4-c4sc(C)c(C)c43)cc2)C(C)(C)C)cc1. The zero-order valence-electron chi connectivity index (χ0n) is 37.4. The molecule has 0 radical (unpaired) electrons. The van der Waals surface area contributed by atoms with Crippen LogP contribution in [0.4, 0.5) is 0 Å². The summed E-state index contributed by atoms with van der Waals surface area (Å²) in [5.41, 5.74) is 9.92. The smallest absolute Gasteiger partial charge is 0.246 e. The maximum Gasteiger partial charge on any atom is 0.246 e. The Morgan fingerprint density at radius 3 is 2.29 bits per heavy atom. The first-order valence-corrected chi connectivity index (χ1v) is 23.5. The molecule has 2 aliphatic heterocycles. The summed E-state index contributed by atoms with van der Waals surface area (Å²) in [5.74, 6) is 0.860. The summed E-state index contributed by atoms with van der Waals surface area (Å²) >= 11 is 3.35. The van der Waals surface area contributed by atoms with Gasteiger partial charge in [-0.1, -0.05) is 82.1 Å². The van der Waals surface area contributed by atoms with Crippen LogP contribution >= 0.6 is 22.7 Å². The molecule has 2 aliphatic rings. The van der Waals surface area contributed by atoms with Gasteiger partial charge in [-0.15, -0.1) is 32.9 Å². The van der Waals surface area contributed by atoms with Crippen LogP contribution in [0.15, 0.2) is 59.0 Å². The number of aliphatic hydroxyl groups is 1. The first-order valence-electron chi connectivity index (χ1n) is 21.8. The number of amides is 3. The summed E-state index contributed by atoms with van der Waals surface area (Å²) in [6.45, 7) is 18.0. The average molecular weight is 877 g/mol. The van der Waals surface area contributed by atoms with E-state index in [1.165, 1.54) is 20.9 Å². The highest BCUT2D eigenvalue weighted by atomic mass is 32.1. The molecule has 1 saturated heterocycles. The van der Waals surface area contributed by atoms with E-state index in [0.717, 1.165) is 80.9 Å². The lowest BCUT2D eigenvalue weighted by Gasteiger charge is -2.35. The van der Waals surface area contributed by atoms with Gasteiger partial charge < -0.3 is 20.6 Å². The van der Waals surface area contributed by atoms with E-state index in [4.69, 9.17) is 4.99 Å². The van der Waals surface area contributed by atoms with E-state index in [9.17, 15) is 19.5 Å². The molecule has 12 nitrogen and oxygen atoms in total. The summed E-state index contributed by atoms with van der Waals surface area (Å²) < 4.78 is 2.16. The molecule has 0 bridgehead atoms. The number of carbonyl (C=O) groups excluding carboxylic acids is 3. The van der Waals surface area contributed by atoms with Gasteiger partial charge in [0.05, 0.1) is 33.9 Å². The highest BCUT2D eigenvalue weighted by Crippen LogP contribution is 2.39. The van der Waals surface area contributed by atoms with E-state index >= 15 is 0 Å². The van der Waals surface area contributed by atoms with Crippen molar-refractivity contribution in [2.24, 2.45) is 10.4 Å². The molecule has 14 heteroatoms. The van der Waals surface area contributed by atoms with Gasteiger partial charge in [-0.3, -0.25) is 23.9 Å². The molecular weight excluding hydrogens is 817 g/mol. The molecule has 5 aromatic rings. The molecule has 0 saturated carbocycles. The Hall–Kier alpha value is -5.05. The zero-order valence-corrected chi connectivity index (χ0v) is 39.0. The summed E-state index contributed by atoms with van der Waals surface area (Å²) in [5, 5.41) is 26.7. The minimum absolute atomic E-state index is 0.0343. The molecular formula is C48H60N8O4S2. The summed E-state index contributed by atoms with van der Waals surface area (Å²) in [7, 11) is 0. The molecule has 62 heavy (non-hydrogen) atoms. The number of hydrogen-bond acceptors (Lipinski definition) is 10. The van der Waals surface area contributed by atoms with Crippen LogP contribution in [0.25, 0.3) is 15.4 Å². The van der Waals surface area contributed by atoms with E-state index < -0.39 is 23.6 Å². The van der Waals surface area contributed by atoms with Crippen molar-refractivity contribution in [3.05, 3.63) is 104 Å². The van der Waals surface area contributed by atoms with Crippen molar-refractivity contribution in [1.82, 2.24) is 35.3 Å².